The number of anilines is 1. The van der Waals surface area contributed by atoms with E-state index in [0.29, 0.717) is 17.2 Å². The van der Waals surface area contributed by atoms with Gasteiger partial charge < -0.3 is 14.5 Å². The van der Waals surface area contributed by atoms with Crippen LogP contribution in [0.2, 0.25) is 0 Å². The van der Waals surface area contributed by atoms with E-state index in [2.05, 4.69) is 10.2 Å². The zero-order valence-corrected chi connectivity index (χ0v) is 17.7. The number of thiophene rings is 1. The van der Waals surface area contributed by atoms with Crippen LogP contribution < -0.4 is 5.32 Å². The predicted octanol–water partition coefficient (Wildman–Crippen LogP) is 4.63. The lowest BCUT2D eigenvalue weighted by molar-refractivity contribution is 0.0526. The zero-order chi connectivity index (χ0) is 20.2. The van der Waals surface area contributed by atoms with E-state index in [1.54, 1.807) is 13.0 Å². The van der Waals surface area contributed by atoms with Crippen LogP contribution in [0.25, 0.3) is 0 Å². The molecule has 1 aliphatic carbocycles. The number of hydrogen-bond donors (Lipinski definition) is 1. The molecule has 2 aromatic rings. The topological polar surface area (TPSA) is 71.8 Å². The lowest BCUT2D eigenvalue weighted by Crippen LogP contribution is -2.28. The SMILES string of the molecule is CCOC(=O)c1c(NC(=O)c2ccc(CN3CCCCC3)o2)sc2c1CCCC2. The van der Waals surface area contributed by atoms with Crippen molar-refractivity contribution in [3.8, 4) is 0 Å². The fraction of sp³-hybridized carbons (Fsp3) is 0.545. The Bertz CT molecular complexity index is 880. The van der Waals surface area contributed by atoms with Gasteiger partial charge in [-0.25, -0.2) is 4.79 Å². The van der Waals surface area contributed by atoms with Gasteiger partial charge in [0.05, 0.1) is 18.7 Å². The quantitative estimate of drug-likeness (QED) is 0.695. The molecule has 29 heavy (non-hydrogen) atoms. The molecule has 0 saturated carbocycles. The van der Waals surface area contributed by atoms with E-state index in [9.17, 15) is 9.59 Å². The molecule has 4 rings (SSSR count). The Kier molecular flexibility index (Phi) is 6.35. The smallest absolute Gasteiger partial charge is 0.341 e. The maximum atomic E-state index is 12.8. The Morgan fingerprint density at radius 2 is 1.93 bits per heavy atom. The first-order valence-electron chi connectivity index (χ1n) is 10.6. The molecule has 1 fully saturated rings. The van der Waals surface area contributed by atoms with Crippen molar-refractivity contribution >= 4 is 28.2 Å². The van der Waals surface area contributed by atoms with E-state index in [-0.39, 0.29) is 17.6 Å². The van der Waals surface area contributed by atoms with Crippen molar-refractivity contribution in [2.45, 2.75) is 58.4 Å². The van der Waals surface area contributed by atoms with Gasteiger partial charge >= 0.3 is 5.97 Å². The Balaban J connectivity index is 1.49. The average Bonchev–Trinajstić information content (AvgIpc) is 3.33. The summed E-state index contributed by atoms with van der Waals surface area (Å²) in [5, 5.41) is 3.49. The minimum Gasteiger partial charge on any atom is -0.462 e. The molecule has 6 nitrogen and oxygen atoms in total. The van der Waals surface area contributed by atoms with Gasteiger partial charge in [-0.2, -0.15) is 0 Å². The minimum atomic E-state index is -0.354. The number of carbonyl (C=O) groups is 2. The number of nitrogens with zero attached hydrogens (tertiary/aromatic N) is 1. The molecule has 1 N–H and O–H groups in total. The summed E-state index contributed by atoms with van der Waals surface area (Å²) in [6.07, 6.45) is 7.69. The number of esters is 1. The largest absolute Gasteiger partial charge is 0.462 e. The highest BCUT2D eigenvalue weighted by Crippen LogP contribution is 2.38. The van der Waals surface area contributed by atoms with Gasteiger partial charge in [0.1, 0.15) is 10.8 Å². The standard InChI is InChI=1S/C22H28N2O4S/c1-2-27-22(26)19-16-8-4-5-9-18(16)29-21(19)23-20(25)17-11-10-15(28-17)14-24-12-6-3-7-13-24/h10-11H,2-9,12-14H2,1H3,(H,23,25). The molecule has 0 aromatic carbocycles. The van der Waals surface area contributed by atoms with Crippen molar-refractivity contribution < 1.29 is 18.7 Å². The zero-order valence-electron chi connectivity index (χ0n) is 16.9. The summed E-state index contributed by atoms with van der Waals surface area (Å²) in [7, 11) is 0. The number of piperidine rings is 1. The van der Waals surface area contributed by atoms with Crippen LogP contribution in [0, 0.1) is 0 Å². The number of ether oxygens (including phenoxy) is 1. The first kappa shape index (κ1) is 20.2. The maximum Gasteiger partial charge on any atom is 0.341 e. The fourth-order valence-corrected chi connectivity index (χ4v) is 5.43. The normalized spacial score (nSPS) is 17.0. The third kappa shape index (κ3) is 4.56. The van der Waals surface area contributed by atoms with Gasteiger partial charge in [-0.15, -0.1) is 11.3 Å². The number of carbonyl (C=O) groups excluding carboxylic acids is 2. The molecule has 1 saturated heterocycles. The van der Waals surface area contributed by atoms with Crippen molar-refractivity contribution in [1.29, 1.82) is 0 Å². The van der Waals surface area contributed by atoms with Gasteiger partial charge in [-0.1, -0.05) is 6.42 Å². The van der Waals surface area contributed by atoms with Gasteiger partial charge in [0.2, 0.25) is 0 Å². The summed E-state index contributed by atoms with van der Waals surface area (Å²) in [4.78, 5) is 28.9. The molecule has 0 radical (unpaired) electrons. The molecule has 0 unspecified atom stereocenters. The molecule has 156 valence electrons. The average molecular weight is 417 g/mol. The lowest BCUT2D eigenvalue weighted by Gasteiger charge is -2.25. The summed E-state index contributed by atoms with van der Waals surface area (Å²) in [6.45, 7) is 4.99. The molecular weight excluding hydrogens is 388 g/mol. The second-order valence-electron chi connectivity index (χ2n) is 7.69. The van der Waals surface area contributed by atoms with Crippen molar-refractivity contribution in [1.82, 2.24) is 4.90 Å². The lowest BCUT2D eigenvalue weighted by atomic mass is 9.95. The number of aryl methyl sites for hydroxylation is 1. The Hall–Kier alpha value is -2.12. The summed E-state index contributed by atoms with van der Waals surface area (Å²) >= 11 is 1.49. The number of nitrogens with one attached hydrogen (secondary N) is 1. The van der Waals surface area contributed by atoms with Crippen LogP contribution in [-0.4, -0.2) is 36.5 Å². The third-order valence-corrected chi connectivity index (χ3v) is 6.80. The van der Waals surface area contributed by atoms with E-state index in [4.69, 9.17) is 9.15 Å². The van der Waals surface area contributed by atoms with Gasteiger partial charge in [0.25, 0.3) is 5.91 Å². The van der Waals surface area contributed by atoms with Crippen molar-refractivity contribution in [2.75, 3.05) is 25.0 Å². The van der Waals surface area contributed by atoms with Crippen molar-refractivity contribution in [3.05, 3.63) is 39.7 Å². The van der Waals surface area contributed by atoms with Crippen molar-refractivity contribution in [3.63, 3.8) is 0 Å². The molecule has 3 heterocycles. The molecule has 7 heteroatoms. The van der Waals surface area contributed by atoms with Crippen LogP contribution in [0.15, 0.2) is 16.5 Å². The number of rotatable bonds is 6. The highest BCUT2D eigenvalue weighted by molar-refractivity contribution is 7.17. The van der Waals surface area contributed by atoms with Crippen LogP contribution in [0.1, 0.15) is 76.1 Å². The minimum absolute atomic E-state index is 0.276. The van der Waals surface area contributed by atoms with Crippen LogP contribution >= 0.6 is 11.3 Å². The molecular formula is C22H28N2O4S. The number of fused-ring (bicyclic) bond motifs is 1. The molecule has 2 aliphatic rings. The van der Waals surface area contributed by atoms with E-state index < -0.39 is 0 Å². The third-order valence-electron chi connectivity index (χ3n) is 5.59. The highest BCUT2D eigenvalue weighted by atomic mass is 32.1. The van der Waals surface area contributed by atoms with Crippen LogP contribution in [0.3, 0.4) is 0 Å². The van der Waals surface area contributed by atoms with E-state index in [0.717, 1.165) is 56.6 Å². The summed E-state index contributed by atoms with van der Waals surface area (Å²) < 4.78 is 11.1. The predicted molar refractivity (Wildman–Crippen MR) is 113 cm³/mol. The molecule has 1 aliphatic heterocycles. The fourth-order valence-electron chi connectivity index (χ4n) is 4.16. The monoisotopic (exact) mass is 416 g/mol. The first-order chi connectivity index (χ1) is 14.2. The van der Waals surface area contributed by atoms with Gasteiger partial charge in [-0.3, -0.25) is 9.69 Å². The van der Waals surface area contributed by atoms with Gasteiger partial charge in [0.15, 0.2) is 5.76 Å². The molecule has 2 aromatic heterocycles. The number of amides is 1. The van der Waals surface area contributed by atoms with Crippen LogP contribution in [-0.2, 0) is 24.1 Å². The summed E-state index contributed by atoms with van der Waals surface area (Å²) in [5.41, 5.74) is 1.57. The Morgan fingerprint density at radius 3 is 2.72 bits per heavy atom. The number of hydrogen-bond acceptors (Lipinski definition) is 6. The summed E-state index contributed by atoms with van der Waals surface area (Å²) in [5.74, 6) is 0.401. The second kappa shape index (κ2) is 9.13. The first-order valence-corrected chi connectivity index (χ1v) is 11.4. The number of likely N-dealkylation sites (tertiary alicyclic amines) is 1. The highest BCUT2D eigenvalue weighted by Gasteiger charge is 2.28. The van der Waals surface area contributed by atoms with E-state index in [1.165, 1.54) is 35.5 Å². The second-order valence-corrected chi connectivity index (χ2v) is 8.80. The molecule has 0 bridgehead atoms. The van der Waals surface area contributed by atoms with Gasteiger partial charge in [0, 0.05) is 4.88 Å². The Morgan fingerprint density at radius 1 is 1.14 bits per heavy atom. The molecule has 0 atom stereocenters. The molecule has 1 amide bonds. The van der Waals surface area contributed by atoms with Gasteiger partial charge in [-0.05, 0) is 76.2 Å². The number of furan rings is 1. The molecule has 0 spiro atoms. The van der Waals surface area contributed by atoms with Crippen LogP contribution in [0.5, 0.6) is 0 Å². The summed E-state index contributed by atoms with van der Waals surface area (Å²) in [6, 6.07) is 3.58. The Labute approximate surface area is 175 Å². The van der Waals surface area contributed by atoms with E-state index in [1.807, 2.05) is 6.07 Å². The van der Waals surface area contributed by atoms with E-state index >= 15 is 0 Å². The van der Waals surface area contributed by atoms with Crippen LogP contribution in [0.4, 0.5) is 5.00 Å². The van der Waals surface area contributed by atoms with Crippen molar-refractivity contribution in [2.24, 2.45) is 0 Å². The maximum absolute atomic E-state index is 12.8.